The Morgan fingerprint density at radius 2 is 1.92 bits per heavy atom. The van der Waals surface area contributed by atoms with Gasteiger partial charge in [0.1, 0.15) is 5.56 Å². The summed E-state index contributed by atoms with van der Waals surface area (Å²) in [5.41, 5.74) is 2.17. The summed E-state index contributed by atoms with van der Waals surface area (Å²) in [6, 6.07) is 13.5. The number of esters is 1. The lowest BCUT2D eigenvalue weighted by Crippen LogP contribution is -2.09. The van der Waals surface area contributed by atoms with Crippen LogP contribution in [0.15, 0.2) is 48.7 Å². The number of nitrogens with zero attached hydrogens (tertiary/aromatic N) is 1. The Morgan fingerprint density at radius 3 is 2.65 bits per heavy atom. The van der Waals surface area contributed by atoms with E-state index >= 15 is 0 Å². The average molecular weight is 368 g/mol. The van der Waals surface area contributed by atoms with Crippen LogP contribution in [0.1, 0.15) is 22.1 Å². The molecule has 0 radical (unpaired) electrons. The smallest absolute Gasteiger partial charge is 0.344 e. The predicted molar refractivity (Wildman–Crippen MR) is 98.9 cm³/mol. The fourth-order valence-corrected chi connectivity index (χ4v) is 3.74. The Labute approximate surface area is 154 Å². The third kappa shape index (κ3) is 2.76. The quantitative estimate of drug-likeness (QED) is 0.684. The third-order valence-corrected chi connectivity index (χ3v) is 5.09. The second kappa shape index (κ2) is 6.68. The molecule has 0 amide bonds. The zero-order valence-corrected chi connectivity index (χ0v) is 15.0. The molecule has 0 aliphatic carbocycles. The van der Waals surface area contributed by atoms with Gasteiger partial charge in [-0.25, -0.2) is 9.78 Å². The maximum atomic E-state index is 12.3. The fraction of sp³-hybridized carbons (Fsp3) is 0.158. The van der Waals surface area contributed by atoms with Crippen LogP contribution in [0.2, 0.25) is 0 Å². The van der Waals surface area contributed by atoms with Crippen LogP contribution in [0.4, 0.5) is 5.13 Å². The van der Waals surface area contributed by atoms with Gasteiger partial charge in [0.15, 0.2) is 16.6 Å². The number of ether oxygens (including phenoxy) is 3. The Morgan fingerprint density at radius 1 is 1.12 bits per heavy atom. The molecule has 7 heteroatoms. The van der Waals surface area contributed by atoms with Gasteiger partial charge in [-0.3, -0.25) is 0 Å². The Bertz CT molecular complexity index is 955. The SMILES string of the molecule is COc1ccc2c(c1OC)C(=O)OC2Nc1ncc(-c2ccccc2)s1. The Hall–Kier alpha value is -3.06. The van der Waals surface area contributed by atoms with Gasteiger partial charge in [0.25, 0.3) is 0 Å². The number of methoxy groups -OCH3 is 2. The molecule has 6 nitrogen and oxygen atoms in total. The van der Waals surface area contributed by atoms with Gasteiger partial charge < -0.3 is 19.5 Å². The largest absolute Gasteiger partial charge is 0.493 e. The maximum Gasteiger partial charge on any atom is 0.344 e. The first-order valence-electron chi connectivity index (χ1n) is 7.95. The van der Waals surface area contributed by atoms with Crippen LogP contribution in [0, 0.1) is 0 Å². The van der Waals surface area contributed by atoms with Crippen LogP contribution in [0.25, 0.3) is 10.4 Å². The summed E-state index contributed by atoms with van der Waals surface area (Å²) in [4.78, 5) is 17.7. The topological polar surface area (TPSA) is 69.7 Å². The molecule has 1 N–H and O–H groups in total. The molecule has 0 fully saturated rings. The van der Waals surface area contributed by atoms with Crippen molar-refractivity contribution in [2.75, 3.05) is 19.5 Å². The van der Waals surface area contributed by atoms with Gasteiger partial charge in [0.05, 0.1) is 19.1 Å². The molecule has 1 unspecified atom stereocenters. The molecule has 26 heavy (non-hydrogen) atoms. The number of rotatable bonds is 5. The normalized spacial score (nSPS) is 15.3. The van der Waals surface area contributed by atoms with Gasteiger partial charge in [-0.2, -0.15) is 0 Å². The highest BCUT2D eigenvalue weighted by molar-refractivity contribution is 7.18. The van der Waals surface area contributed by atoms with Crippen molar-refractivity contribution >= 4 is 22.4 Å². The zero-order valence-electron chi connectivity index (χ0n) is 14.2. The number of benzene rings is 2. The maximum absolute atomic E-state index is 12.3. The number of thiazole rings is 1. The van der Waals surface area contributed by atoms with Crippen molar-refractivity contribution in [2.24, 2.45) is 0 Å². The first kappa shape index (κ1) is 16.4. The van der Waals surface area contributed by atoms with Gasteiger partial charge in [-0.15, -0.1) is 0 Å². The van der Waals surface area contributed by atoms with E-state index in [1.54, 1.807) is 18.3 Å². The van der Waals surface area contributed by atoms with E-state index in [0.717, 1.165) is 10.4 Å². The second-order valence-corrected chi connectivity index (χ2v) is 6.62. The molecule has 0 spiro atoms. The van der Waals surface area contributed by atoms with Crippen molar-refractivity contribution < 1.29 is 19.0 Å². The van der Waals surface area contributed by atoms with Crippen LogP contribution in [0.3, 0.4) is 0 Å². The van der Waals surface area contributed by atoms with Gasteiger partial charge in [-0.1, -0.05) is 41.7 Å². The second-order valence-electron chi connectivity index (χ2n) is 5.59. The van der Waals surface area contributed by atoms with E-state index in [9.17, 15) is 4.79 Å². The van der Waals surface area contributed by atoms with Crippen molar-refractivity contribution in [2.45, 2.75) is 6.23 Å². The minimum Gasteiger partial charge on any atom is -0.493 e. The Balaban J connectivity index is 1.62. The highest BCUT2D eigenvalue weighted by Crippen LogP contribution is 2.42. The molecule has 1 aliphatic rings. The van der Waals surface area contributed by atoms with Crippen LogP contribution in [-0.2, 0) is 4.74 Å². The molecule has 132 valence electrons. The van der Waals surface area contributed by atoms with Crippen molar-refractivity contribution in [3.63, 3.8) is 0 Å². The highest BCUT2D eigenvalue weighted by atomic mass is 32.1. The van der Waals surface area contributed by atoms with E-state index in [0.29, 0.717) is 27.8 Å². The number of carbonyl (C=O) groups excluding carboxylic acids is 1. The van der Waals surface area contributed by atoms with E-state index < -0.39 is 12.2 Å². The standard InChI is InChI=1S/C19H16N2O4S/c1-23-13-9-8-12-15(16(13)24-2)18(22)25-17(12)21-19-20-10-14(26-19)11-6-4-3-5-7-11/h3-10,17H,1-2H3,(H,20,21). The van der Waals surface area contributed by atoms with Gasteiger partial charge in [0.2, 0.25) is 6.23 Å². The molecular formula is C19H16N2O4S. The van der Waals surface area contributed by atoms with E-state index in [1.165, 1.54) is 25.6 Å². The number of hydrogen-bond donors (Lipinski definition) is 1. The summed E-state index contributed by atoms with van der Waals surface area (Å²) < 4.78 is 16.1. The highest BCUT2D eigenvalue weighted by Gasteiger charge is 2.36. The van der Waals surface area contributed by atoms with E-state index in [4.69, 9.17) is 14.2 Å². The number of anilines is 1. The summed E-state index contributed by atoms with van der Waals surface area (Å²) in [7, 11) is 3.03. The molecule has 0 saturated heterocycles. The molecule has 2 aromatic carbocycles. The average Bonchev–Trinajstić information content (AvgIpc) is 3.27. The van der Waals surface area contributed by atoms with Crippen LogP contribution in [0.5, 0.6) is 11.5 Å². The molecule has 1 aliphatic heterocycles. The Kier molecular flexibility index (Phi) is 4.22. The summed E-state index contributed by atoms with van der Waals surface area (Å²) in [6.45, 7) is 0. The zero-order chi connectivity index (χ0) is 18.1. The fourth-order valence-electron chi connectivity index (χ4n) is 2.90. The van der Waals surface area contributed by atoms with Gasteiger partial charge >= 0.3 is 5.97 Å². The first-order chi connectivity index (χ1) is 12.7. The van der Waals surface area contributed by atoms with Gasteiger partial charge in [0, 0.05) is 11.8 Å². The predicted octanol–water partition coefficient (Wildman–Crippen LogP) is 4.11. The molecule has 1 atom stereocenters. The van der Waals surface area contributed by atoms with Crippen molar-refractivity contribution in [3.05, 3.63) is 59.8 Å². The van der Waals surface area contributed by atoms with Crippen LogP contribution in [-0.4, -0.2) is 25.2 Å². The van der Waals surface area contributed by atoms with Crippen molar-refractivity contribution in [1.29, 1.82) is 0 Å². The molecule has 4 rings (SSSR count). The first-order valence-corrected chi connectivity index (χ1v) is 8.76. The van der Waals surface area contributed by atoms with Crippen molar-refractivity contribution in [1.82, 2.24) is 4.98 Å². The van der Waals surface area contributed by atoms with Crippen LogP contribution >= 0.6 is 11.3 Å². The van der Waals surface area contributed by atoms with Crippen molar-refractivity contribution in [3.8, 4) is 21.9 Å². The molecule has 0 saturated carbocycles. The molecule has 0 bridgehead atoms. The lowest BCUT2D eigenvalue weighted by molar-refractivity contribution is 0.0435. The lowest BCUT2D eigenvalue weighted by atomic mass is 10.1. The van der Waals surface area contributed by atoms with Crippen LogP contribution < -0.4 is 14.8 Å². The minimum absolute atomic E-state index is 0.378. The summed E-state index contributed by atoms with van der Waals surface area (Å²) in [5.74, 6) is 0.418. The molecule has 3 aromatic rings. The van der Waals surface area contributed by atoms with E-state index in [-0.39, 0.29) is 0 Å². The van der Waals surface area contributed by atoms with E-state index in [1.807, 2.05) is 30.3 Å². The number of cyclic esters (lactones) is 1. The lowest BCUT2D eigenvalue weighted by Gasteiger charge is -2.13. The number of fused-ring (bicyclic) bond motifs is 1. The summed E-state index contributed by atoms with van der Waals surface area (Å²) in [6.07, 6.45) is 1.18. The third-order valence-electron chi connectivity index (χ3n) is 4.11. The summed E-state index contributed by atoms with van der Waals surface area (Å²) in [5, 5.41) is 3.85. The summed E-state index contributed by atoms with van der Waals surface area (Å²) >= 11 is 1.50. The number of aromatic nitrogens is 1. The number of nitrogens with one attached hydrogen (secondary N) is 1. The number of carbonyl (C=O) groups is 1. The monoisotopic (exact) mass is 368 g/mol. The van der Waals surface area contributed by atoms with Gasteiger partial charge in [-0.05, 0) is 17.7 Å². The number of hydrogen-bond acceptors (Lipinski definition) is 7. The molecule has 1 aromatic heterocycles. The molecular weight excluding hydrogens is 352 g/mol. The van der Waals surface area contributed by atoms with E-state index in [2.05, 4.69) is 10.3 Å². The minimum atomic E-state index is -0.618. The molecule has 2 heterocycles.